The summed E-state index contributed by atoms with van der Waals surface area (Å²) in [5.41, 5.74) is 9.94. The highest BCUT2D eigenvalue weighted by atomic mass is 79.9. The van der Waals surface area contributed by atoms with Crippen LogP contribution < -0.4 is 11.1 Å². The third-order valence-electron chi connectivity index (χ3n) is 3.84. The highest BCUT2D eigenvalue weighted by Gasteiger charge is 2.36. The van der Waals surface area contributed by atoms with Crippen LogP contribution in [0, 0.1) is 0 Å². The summed E-state index contributed by atoms with van der Waals surface area (Å²) in [5, 5.41) is 3.65. The summed E-state index contributed by atoms with van der Waals surface area (Å²) >= 11 is 3.59. The Kier molecular flexibility index (Phi) is 3.33. The van der Waals surface area contributed by atoms with Gasteiger partial charge in [-0.05, 0) is 52.0 Å². The summed E-state index contributed by atoms with van der Waals surface area (Å²) in [7, 11) is 0. The Labute approximate surface area is 122 Å². The summed E-state index contributed by atoms with van der Waals surface area (Å²) in [6, 6.07) is 16.8. The van der Waals surface area contributed by atoms with Crippen LogP contribution in [0.25, 0.3) is 0 Å². The molecule has 0 amide bonds. The second kappa shape index (κ2) is 4.99. The highest BCUT2D eigenvalue weighted by molar-refractivity contribution is 9.10. The molecule has 0 heterocycles. The molecule has 1 aliphatic carbocycles. The average molecular weight is 317 g/mol. The lowest BCUT2D eigenvalue weighted by molar-refractivity contribution is 0.504. The second-order valence-electron chi connectivity index (χ2n) is 5.21. The fraction of sp³-hybridized carbons (Fsp3) is 0.250. The number of benzene rings is 2. The zero-order valence-electron chi connectivity index (χ0n) is 10.7. The van der Waals surface area contributed by atoms with Gasteiger partial charge in [-0.2, -0.15) is 0 Å². The number of halogens is 1. The molecule has 2 nitrogen and oxygen atoms in total. The standard InChI is InChI=1S/C16H17BrN2/c17-14-7-3-4-8-15(14)19-16(11-18)9-12-5-1-2-6-13(12)10-16/h1-8,19H,9-11,18H2. The molecule has 1 aliphatic rings. The Bertz CT molecular complexity index is 570. The molecule has 3 rings (SSSR count). The quantitative estimate of drug-likeness (QED) is 0.911. The van der Waals surface area contributed by atoms with E-state index in [2.05, 4.69) is 57.6 Å². The normalized spacial score (nSPS) is 16.1. The number of hydrogen-bond donors (Lipinski definition) is 2. The first-order valence-electron chi connectivity index (χ1n) is 6.52. The van der Waals surface area contributed by atoms with Gasteiger partial charge in [0.05, 0.1) is 5.54 Å². The van der Waals surface area contributed by atoms with Crippen LogP contribution in [0.4, 0.5) is 5.69 Å². The van der Waals surface area contributed by atoms with E-state index in [-0.39, 0.29) is 5.54 Å². The first kappa shape index (κ1) is 12.7. The molecule has 0 radical (unpaired) electrons. The van der Waals surface area contributed by atoms with Crippen molar-refractivity contribution in [1.82, 2.24) is 0 Å². The Morgan fingerprint density at radius 2 is 1.58 bits per heavy atom. The summed E-state index contributed by atoms with van der Waals surface area (Å²) < 4.78 is 1.08. The molecule has 0 fully saturated rings. The maximum Gasteiger partial charge on any atom is 0.0576 e. The molecule has 0 saturated carbocycles. The Hall–Kier alpha value is -1.32. The molecule has 0 bridgehead atoms. The van der Waals surface area contributed by atoms with E-state index >= 15 is 0 Å². The van der Waals surface area contributed by atoms with E-state index in [0.717, 1.165) is 23.0 Å². The fourth-order valence-electron chi connectivity index (χ4n) is 2.83. The SMILES string of the molecule is NCC1(Nc2ccccc2Br)Cc2ccccc2C1. The van der Waals surface area contributed by atoms with Crippen molar-refractivity contribution < 1.29 is 0 Å². The van der Waals surface area contributed by atoms with Gasteiger partial charge in [-0.3, -0.25) is 0 Å². The van der Waals surface area contributed by atoms with E-state index in [0.29, 0.717) is 6.54 Å². The van der Waals surface area contributed by atoms with E-state index in [1.165, 1.54) is 11.1 Å². The number of para-hydroxylation sites is 1. The second-order valence-corrected chi connectivity index (χ2v) is 6.07. The molecule has 0 aromatic heterocycles. The topological polar surface area (TPSA) is 38.0 Å². The van der Waals surface area contributed by atoms with Gasteiger partial charge in [-0.25, -0.2) is 0 Å². The fourth-order valence-corrected chi connectivity index (χ4v) is 3.21. The Balaban J connectivity index is 1.89. The number of anilines is 1. The van der Waals surface area contributed by atoms with Gasteiger partial charge in [0, 0.05) is 16.7 Å². The van der Waals surface area contributed by atoms with E-state index in [4.69, 9.17) is 5.73 Å². The predicted octanol–water partition coefficient (Wildman–Crippen LogP) is 3.36. The van der Waals surface area contributed by atoms with Crippen LogP contribution in [0.3, 0.4) is 0 Å². The summed E-state index contributed by atoms with van der Waals surface area (Å²) in [6.45, 7) is 0.628. The Morgan fingerprint density at radius 3 is 2.16 bits per heavy atom. The number of hydrogen-bond acceptors (Lipinski definition) is 2. The molecule has 0 aliphatic heterocycles. The largest absolute Gasteiger partial charge is 0.377 e. The summed E-state index contributed by atoms with van der Waals surface area (Å²) in [4.78, 5) is 0. The minimum absolute atomic E-state index is 0.0619. The van der Waals surface area contributed by atoms with E-state index in [9.17, 15) is 0 Å². The van der Waals surface area contributed by atoms with Gasteiger partial charge in [0.15, 0.2) is 0 Å². The Morgan fingerprint density at radius 1 is 1.00 bits per heavy atom. The van der Waals surface area contributed by atoms with Crippen LogP contribution in [-0.4, -0.2) is 12.1 Å². The molecular formula is C16H17BrN2. The van der Waals surface area contributed by atoms with E-state index in [1.54, 1.807) is 0 Å². The molecule has 2 aromatic carbocycles. The van der Waals surface area contributed by atoms with Gasteiger partial charge >= 0.3 is 0 Å². The van der Waals surface area contributed by atoms with Crippen molar-refractivity contribution in [2.45, 2.75) is 18.4 Å². The minimum atomic E-state index is -0.0619. The molecule has 3 N–H and O–H groups in total. The summed E-state index contributed by atoms with van der Waals surface area (Å²) in [6.07, 6.45) is 1.97. The number of rotatable bonds is 3. The molecule has 19 heavy (non-hydrogen) atoms. The zero-order chi connectivity index (χ0) is 13.3. The lowest BCUT2D eigenvalue weighted by Crippen LogP contribution is -2.46. The lowest BCUT2D eigenvalue weighted by Gasteiger charge is -2.30. The van der Waals surface area contributed by atoms with E-state index < -0.39 is 0 Å². The zero-order valence-corrected chi connectivity index (χ0v) is 12.3. The average Bonchev–Trinajstić information content (AvgIpc) is 2.80. The van der Waals surface area contributed by atoms with Crippen molar-refractivity contribution in [2.75, 3.05) is 11.9 Å². The molecule has 3 heteroatoms. The van der Waals surface area contributed by atoms with Gasteiger partial charge in [-0.15, -0.1) is 0 Å². The molecule has 2 aromatic rings. The molecule has 0 saturated heterocycles. The van der Waals surface area contributed by atoms with Crippen molar-refractivity contribution >= 4 is 21.6 Å². The van der Waals surface area contributed by atoms with E-state index in [1.807, 2.05) is 12.1 Å². The molecular weight excluding hydrogens is 300 g/mol. The third kappa shape index (κ3) is 2.40. The molecule has 0 spiro atoms. The van der Waals surface area contributed by atoms with Crippen LogP contribution in [0.2, 0.25) is 0 Å². The third-order valence-corrected chi connectivity index (χ3v) is 4.53. The van der Waals surface area contributed by atoms with Crippen LogP contribution in [0.15, 0.2) is 53.0 Å². The highest BCUT2D eigenvalue weighted by Crippen LogP contribution is 2.34. The van der Waals surface area contributed by atoms with Gasteiger partial charge in [0.1, 0.15) is 0 Å². The molecule has 0 atom stereocenters. The van der Waals surface area contributed by atoms with Crippen LogP contribution in [0.5, 0.6) is 0 Å². The van der Waals surface area contributed by atoms with Crippen LogP contribution in [-0.2, 0) is 12.8 Å². The van der Waals surface area contributed by atoms with Crippen molar-refractivity contribution in [1.29, 1.82) is 0 Å². The van der Waals surface area contributed by atoms with Crippen LogP contribution >= 0.6 is 15.9 Å². The first-order valence-corrected chi connectivity index (χ1v) is 7.31. The van der Waals surface area contributed by atoms with Crippen LogP contribution in [0.1, 0.15) is 11.1 Å². The van der Waals surface area contributed by atoms with Crippen molar-refractivity contribution in [3.8, 4) is 0 Å². The first-order chi connectivity index (χ1) is 9.22. The molecule has 0 unspecified atom stereocenters. The van der Waals surface area contributed by atoms with Gasteiger partial charge in [0.25, 0.3) is 0 Å². The lowest BCUT2D eigenvalue weighted by atomic mass is 9.95. The van der Waals surface area contributed by atoms with Crippen molar-refractivity contribution in [2.24, 2.45) is 5.73 Å². The predicted molar refractivity (Wildman–Crippen MR) is 83.4 cm³/mol. The number of fused-ring (bicyclic) bond motifs is 1. The van der Waals surface area contributed by atoms with Crippen molar-refractivity contribution in [3.05, 3.63) is 64.1 Å². The number of nitrogens with two attached hydrogens (primary N) is 1. The van der Waals surface area contributed by atoms with Gasteiger partial charge < -0.3 is 11.1 Å². The maximum atomic E-state index is 6.07. The van der Waals surface area contributed by atoms with Gasteiger partial charge in [-0.1, -0.05) is 36.4 Å². The maximum absolute atomic E-state index is 6.07. The number of nitrogens with one attached hydrogen (secondary N) is 1. The minimum Gasteiger partial charge on any atom is -0.377 e. The van der Waals surface area contributed by atoms with Gasteiger partial charge in [0.2, 0.25) is 0 Å². The molecule has 98 valence electrons. The van der Waals surface area contributed by atoms with Crippen molar-refractivity contribution in [3.63, 3.8) is 0 Å². The smallest absolute Gasteiger partial charge is 0.0576 e. The monoisotopic (exact) mass is 316 g/mol. The summed E-state index contributed by atoms with van der Waals surface area (Å²) in [5.74, 6) is 0.